The third-order valence-electron chi connectivity index (χ3n) is 5.33. The van der Waals surface area contributed by atoms with Crippen LogP contribution in [0.1, 0.15) is 30.5 Å². The molecule has 33 heavy (non-hydrogen) atoms. The molecule has 172 valence electrons. The Morgan fingerprint density at radius 2 is 1.88 bits per heavy atom. The number of nitrogens with one attached hydrogen (secondary N) is 1. The number of hydrogen-bond acceptors (Lipinski definition) is 6. The molecule has 0 fully saturated rings. The fourth-order valence-corrected chi connectivity index (χ4v) is 5.58. The minimum atomic E-state index is -1.42. The number of nitrogens with zero attached hydrogens (tertiary/aromatic N) is 3. The van der Waals surface area contributed by atoms with Crippen LogP contribution in [-0.2, 0) is 19.3 Å². The number of halogens is 1. The van der Waals surface area contributed by atoms with E-state index in [9.17, 15) is 14.4 Å². The summed E-state index contributed by atoms with van der Waals surface area (Å²) in [7, 11) is 0. The van der Waals surface area contributed by atoms with Gasteiger partial charge in [0.1, 0.15) is 12.4 Å². The molecule has 8 nitrogen and oxygen atoms in total. The number of benzene rings is 2. The second kappa shape index (κ2) is 8.72. The first-order valence-corrected chi connectivity index (χ1v) is 11.5. The molecule has 2 aliphatic heterocycles. The van der Waals surface area contributed by atoms with Gasteiger partial charge in [0, 0.05) is 24.4 Å². The van der Waals surface area contributed by atoms with Gasteiger partial charge in [0.25, 0.3) is 5.91 Å². The Morgan fingerprint density at radius 3 is 2.52 bits per heavy atom. The molecule has 0 saturated heterocycles. The van der Waals surface area contributed by atoms with E-state index in [0.29, 0.717) is 16.3 Å². The summed E-state index contributed by atoms with van der Waals surface area (Å²) in [5.41, 5.74) is 3.25. The minimum absolute atomic E-state index is 0.204. The van der Waals surface area contributed by atoms with Crippen LogP contribution in [0.15, 0.2) is 41.5 Å². The number of hydrogen-bond donors (Lipinski definition) is 1. The van der Waals surface area contributed by atoms with Gasteiger partial charge in [-0.25, -0.2) is 0 Å². The molecule has 2 aromatic carbocycles. The normalized spacial score (nSPS) is 19.1. The summed E-state index contributed by atoms with van der Waals surface area (Å²) in [6.07, 6.45) is 0. The van der Waals surface area contributed by atoms with E-state index < -0.39 is 10.8 Å². The highest BCUT2D eigenvalue weighted by Crippen LogP contribution is 2.55. The average molecular weight is 487 g/mol. The lowest BCUT2D eigenvalue weighted by atomic mass is 10.0. The van der Waals surface area contributed by atoms with Gasteiger partial charge >= 0.3 is 0 Å². The lowest BCUT2D eigenvalue weighted by molar-refractivity contribution is -0.139. The lowest BCUT2D eigenvalue weighted by Gasteiger charge is -2.29. The quantitative estimate of drug-likeness (QED) is 0.713. The molecule has 2 aromatic rings. The number of aryl methyl sites for hydroxylation is 2. The highest BCUT2D eigenvalue weighted by Gasteiger charge is 2.61. The number of carbonyl (C=O) groups excluding carboxylic acids is 3. The molecule has 1 unspecified atom stereocenters. The first-order valence-electron chi connectivity index (χ1n) is 10.3. The number of hydrazone groups is 1. The number of amidine groups is 1. The SMILES string of the molecule is CC(=O)NC1=NN(C(C)=O)C2(S1)C(=O)N(CCOc1ccc(Cl)cc1)c1c(C)cc(C)cc12. The maximum Gasteiger partial charge on any atom is 0.270 e. The van der Waals surface area contributed by atoms with Crippen LogP contribution in [0.5, 0.6) is 5.75 Å². The summed E-state index contributed by atoms with van der Waals surface area (Å²) in [5.74, 6) is -0.407. The van der Waals surface area contributed by atoms with E-state index in [0.717, 1.165) is 28.6 Å². The number of ether oxygens (including phenoxy) is 1. The maximum atomic E-state index is 13.9. The van der Waals surface area contributed by atoms with Crippen LogP contribution in [0.3, 0.4) is 0 Å². The van der Waals surface area contributed by atoms with Crippen molar-refractivity contribution in [1.82, 2.24) is 10.3 Å². The minimum Gasteiger partial charge on any atom is -0.492 e. The van der Waals surface area contributed by atoms with Gasteiger partial charge in [0.2, 0.25) is 16.7 Å². The van der Waals surface area contributed by atoms with Crippen molar-refractivity contribution in [3.05, 3.63) is 58.1 Å². The fraction of sp³-hybridized carbons (Fsp3) is 0.304. The second-order valence-electron chi connectivity index (χ2n) is 7.90. The molecule has 1 N–H and O–H groups in total. The predicted octanol–water partition coefficient (Wildman–Crippen LogP) is 3.54. The third-order valence-corrected chi connectivity index (χ3v) is 6.82. The Labute approximate surface area is 200 Å². The Hall–Kier alpha value is -3.04. The Balaban J connectivity index is 1.70. The van der Waals surface area contributed by atoms with Crippen LogP contribution < -0.4 is 15.0 Å². The van der Waals surface area contributed by atoms with Crippen LogP contribution in [0.4, 0.5) is 5.69 Å². The maximum absolute atomic E-state index is 13.9. The zero-order chi connectivity index (χ0) is 23.9. The number of thioether (sulfide) groups is 1. The molecular formula is C23H23ClN4O4S. The first-order chi connectivity index (χ1) is 15.6. The molecule has 1 spiro atoms. The van der Waals surface area contributed by atoms with Gasteiger partial charge in [-0.1, -0.05) is 29.3 Å². The van der Waals surface area contributed by atoms with Gasteiger partial charge in [-0.3, -0.25) is 14.4 Å². The average Bonchev–Trinajstić information content (AvgIpc) is 3.21. The number of rotatable bonds is 4. The summed E-state index contributed by atoms with van der Waals surface area (Å²) in [6.45, 7) is 7.07. The zero-order valence-corrected chi connectivity index (χ0v) is 20.2. The molecular weight excluding hydrogens is 464 g/mol. The van der Waals surface area contributed by atoms with Crippen LogP contribution >= 0.6 is 23.4 Å². The van der Waals surface area contributed by atoms with Crippen LogP contribution in [0, 0.1) is 13.8 Å². The standard InChI is InChI=1S/C23H23ClN4O4S/c1-13-11-14(2)20-19(12-13)23(28(16(4)30)26-22(33-23)25-15(3)29)21(31)27(20)9-10-32-18-7-5-17(24)6-8-18/h5-8,11-12H,9-10H2,1-4H3,(H,25,26,29). The van der Waals surface area contributed by atoms with Crippen molar-refractivity contribution in [2.24, 2.45) is 5.10 Å². The van der Waals surface area contributed by atoms with Crippen molar-refractivity contribution in [1.29, 1.82) is 0 Å². The largest absolute Gasteiger partial charge is 0.492 e. The van der Waals surface area contributed by atoms with Crippen molar-refractivity contribution < 1.29 is 19.1 Å². The van der Waals surface area contributed by atoms with Crippen molar-refractivity contribution in [3.8, 4) is 5.75 Å². The lowest BCUT2D eigenvalue weighted by Crippen LogP contribution is -2.49. The molecule has 0 radical (unpaired) electrons. The van der Waals surface area contributed by atoms with Gasteiger partial charge in [-0.15, -0.1) is 5.10 Å². The summed E-state index contributed by atoms with van der Waals surface area (Å²) in [6, 6.07) is 10.9. The fourth-order valence-electron chi connectivity index (χ4n) is 4.14. The monoisotopic (exact) mass is 486 g/mol. The van der Waals surface area contributed by atoms with Crippen LogP contribution in [0.25, 0.3) is 0 Å². The highest BCUT2D eigenvalue weighted by molar-refractivity contribution is 8.15. The van der Waals surface area contributed by atoms with E-state index in [-0.39, 0.29) is 30.1 Å². The molecule has 0 saturated carbocycles. The third kappa shape index (κ3) is 4.06. The molecule has 10 heteroatoms. The van der Waals surface area contributed by atoms with Gasteiger partial charge < -0.3 is 15.0 Å². The van der Waals surface area contributed by atoms with E-state index in [1.165, 1.54) is 18.9 Å². The van der Waals surface area contributed by atoms with Crippen LogP contribution in [0.2, 0.25) is 5.02 Å². The van der Waals surface area contributed by atoms with E-state index in [2.05, 4.69) is 10.4 Å². The van der Waals surface area contributed by atoms with Gasteiger partial charge in [0.05, 0.1) is 12.2 Å². The number of amides is 3. The molecule has 3 amide bonds. The second-order valence-corrected chi connectivity index (χ2v) is 9.52. The van der Waals surface area contributed by atoms with Gasteiger partial charge in [0.15, 0.2) is 5.17 Å². The molecule has 2 heterocycles. The van der Waals surface area contributed by atoms with Crippen LogP contribution in [-0.4, -0.2) is 41.0 Å². The summed E-state index contributed by atoms with van der Waals surface area (Å²) < 4.78 is 5.82. The van der Waals surface area contributed by atoms with Gasteiger partial charge in [-0.2, -0.15) is 5.01 Å². The Bertz CT molecular complexity index is 1180. The van der Waals surface area contributed by atoms with E-state index in [1.54, 1.807) is 29.2 Å². The molecule has 0 aliphatic carbocycles. The number of fused-ring (bicyclic) bond motifs is 2. The van der Waals surface area contributed by atoms with Crippen molar-refractivity contribution in [2.45, 2.75) is 32.6 Å². The Morgan fingerprint density at radius 1 is 1.18 bits per heavy atom. The summed E-state index contributed by atoms with van der Waals surface area (Å²) >= 11 is 6.99. The predicted molar refractivity (Wildman–Crippen MR) is 128 cm³/mol. The molecule has 0 bridgehead atoms. The number of anilines is 1. The van der Waals surface area contributed by atoms with E-state index in [4.69, 9.17) is 16.3 Å². The van der Waals surface area contributed by atoms with Crippen molar-refractivity contribution in [2.75, 3.05) is 18.1 Å². The highest BCUT2D eigenvalue weighted by atomic mass is 35.5. The van der Waals surface area contributed by atoms with Crippen molar-refractivity contribution in [3.63, 3.8) is 0 Å². The van der Waals surface area contributed by atoms with Crippen molar-refractivity contribution >= 4 is 51.9 Å². The Kier molecular flexibility index (Phi) is 6.11. The number of carbonyl (C=O) groups is 3. The van der Waals surface area contributed by atoms with Gasteiger partial charge in [-0.05, 0) is 55.4 Å². The van der Waals surface area contributed by atoms with E-state index >= 15 is 0 Å². The molecule has 4 rings (SSSR count). The molecule has 1 atom stereocenters. The smallest absolute Gasteiger partial charge is 0.270 e. The summed E-state index contributed by atoms with van der Waals surface area (Å²) in [4.78, 5) is 38.4. The molecule has 0 aromatic heterocycles. The zero-order valence-electron chi connectivity index (χ0n) is 18.6. The first kappa shape index (κ1) is 23.1. The van der Waals surface area contributed by atoms with E-state index in [1.807, 2.05) is 26.0 Å². The topological polar surface area (TPSA) is 91.3 Å². The molecule has 2 aliphatic rings. The summed E-state index contributed by atoms with van der Waals surface area (Å²) in [5, 5.41) is 8.88.